The predicted octanol–water partition coefficient (Wildman–Crippen LogP) is 0.771. The van der Waals surface area contributed by atoms with Crippen molar-refractivity contribution < 1.29 is 26.2 Å². The Balaban J connectivity index is 0.000000646. The smallest absolute Gasteiger partial charge is 0.265 e. The van der Waals surface area contributed by atoms with Crippen LogP contribution in [0.2, 0.25) is 0 Å². The molecule has 0 bridgehead atoms. The topological polar surface area (TPSA) is 174 Å². The first-order chi connectivity index (χ1) is 12.2. The van der Waals surface area contributed by atoms with Crippen LogP contribution in [0.4, 0.5) is 5.69 Å². The first kappa shape index (κ1) is 22.3. The highest BCUT2D eigenvalue weighted by Gasteiger charge is 2.22. The van der Waals surface area contributed by atoms with E-state index in [2.05, 4.69) is 4.98 Å². The Labute approximate surface area is 157 Å². The van der Waals surface area contributed by atoms with E-state index < -0.39 is 31.8 Å². The molecule has 5 N–H and O–H groups in total. The standard InChI is InChI=1S/C14H16N4O3S.CH4O3S/c1-9-6-11(8-17-9)18(14(15)16)13(19)10-4-3-5-12(7-10)22(2,20)21;1-5(2,3)4/h3-8,17H,1-2H3,(H3,15,16);1H3,(H,2,3,4). The van der Waals surface area contributed by atoms with Crippen LogP contribution in [-0.4, -0.2) is 50.8 Å². The molecule has 2 aromatic rings. The number of nitrogens with one attached hydrogen (secondary N) is 2. The monoisotopic (exact) mass is 416 g/mol. The Hall–Kier alpha value is -2.70. The van der Waals surface area contributed by atoms with E-state index in [1.165, 1.54) is 24.3 Å². The third-order valence-electron chi connectivity index (χ3n) is 3.02. The van der Waals surface area contributed by atoms with Crippen LogP contribution in [0.15, 0.2) is 41.4 Å². The quantitative estimate of drug-likeness (QED) is 0.324. The van der Waals surface area contributed by atoms with Crippen LogP contribution in [0, 0.1) is 12.3 Å². The van der Waals surface area contributed by atoms with Crippen molar-refractivity contribution in [3.8, 4) is 0 Å². The number of amides is 1. The van der Waals surface area contributed by atoms with Gasteiger partial charge in [0.1, 0.15) is 0 Å². The highest BCUT2D eigenvalue weighted by atomic mass is 32.2. The normalized spacial score (nSPS) is 11.3. The molecule has 0 saturated heterocycles. The second-order valence-electron chi connectivity index (χ2n) is 5.60. The number of aromatic nitrogens is 1. The summed E-state index contributed by atoms with van der Waals surface area (Å²) in [7, 11) is -7.09. The molecule has 0 spiro atoms. The lowest BCUT2D eigenvalue weighted by Crippen LogP contribution is -2.41. The summed E-state index contributed by atoms with van der Waals surface area (Å²) in [4.78, 5) is 16.5. The lowest BCUT2D eigenvalue weighted by Gasteiger charge is -2.19. The molecular formula is C15H20N4O6S2. The van der Waals surface area contributed by atoms with Crippen molar-refractivity contribution in [2.24, 2.45) is 5.73 Å². The van der Waals surface area contributed by atoms with Gasteiger partial charge in [0.05, 0.1) is 16.8 Å². The molecular weight excluding hydrogens is 396 g/mol. The summed E-state index contributed by atoms with van der Waals surface area (Å²) in [6.07, 6.45) is 3.33. The number of sulfone groups is 1. The van der Waals surface area contributed by atoms with Gasteiger partial charge in [-0.1, -0.05) is 6.07 Å². The molecule has 0 aliphatic carbocycles. The van der Waals surface area contributed by atoms with Crippen LogP contribution in [0.5, 0.6) is 0 Å². The van der Waals surface area contributed by atoms with Gasteiger partial charge in [-0.25, -0.2) is 13.3 Å². The highest BCUT2D eigenvalue weighted by Crippen LogP contribution is 2.19. The van der Waals surface area contributed by atoms with E-state index in [9.17, 15) is 21.6 Å². The Morgan fingerprint density at radius 1 is 1.19 bits per heavy atom. The molecule has 0 aliphatic heterocycles. The maximum Gasteiger partial charge on any atom is 0.265 e. The second kappa shape index (κ2) is 8.33. The van der Waals surface area contributed by atoms with Gasteiger partial charge in [0, 0.05) is 23.7 Å². The number of nitrogens with two attached hydrogens (primary N) is 1. The average Bonchev–Trinajstić information content (AvgIpc) is 2.90. The largest absolute Gasteiger partial charge is 0.369 e. The van der Waals surface area contributed by atoms with Crippen LogP contribution < -0.4 is 10.6 Å². The maximum atomic E-state index is 12.6. The average molecular weight is 416 g/mol. The summed E-state index contributed by atoms with van der Waals surface area (Å²) < 4.78 is 49.0. The fraction of sp³-hybridized carbons (Fsp3) is 0.200. The highest BCUT2D eigenvalue weighted by molar-refractivity contribution is 7.90. The summed E-state index contributed by atoms with van der Waals surface area (Å²) in [6.45, 7) is 1.80. The van der Waals surface area contributed by atoms with Crippen molar-refractivity contribution in [2.45, 2.75) is 11.8 Å². The number of aromatic amines is 1. The molecule has 0 aliphatic rings. The number of rotatable bonds is 3. The number of guanidine groups is 1. The van der Waals surface area contributed by atoms with E-state index in [0.29, 0.717) is 11.9 Å². The molecule has 10 nitrogen and oxygen atoms in total. The molecule has 1 aromatic heterocycles. The molecule has 1 heterocycles. The van der Waals surface area contributed by atoms with E-state index in [1.807, 2.05) is 0 Å². The minimum Gasteiger partial charge on any atom is -0.369 e. The Kier molecular flexibility index (Phi) is 6.89. The summed E-state index contributed by atoms with van der Waals surface area (Å²) in [5, 5.41) is 7.61. The molecule has 0 saturated carbocycles. The SMILES string of the molecule is CS(=O)(=O)O.Cc1cc(N(C(=N)N)C(=O)c2cccc(S(C)(=O)=O)c2)c[nH]1. The van der Waals surface area contributed by atoms with E-state index >= 15 is 0 Å². The zero-order chi connectivity index (χ0) is 21.0. The van der Waals surface area contributed by atoms with Gasteiger partial charge in [0.15, 0.2) is 15.8 Å². The van der Waals surface area contributed by atoms with Crippen molar-refractivity contribution >= 4 is 37.5 Å². The van der Waals surface area contributed by atoms with E-state index in [4.69, 9.17) is 15.7 Å². The number of anilines is 1. The fourth-order valence-electron chi connectivity index (χ4n) is 1.98. The fourth-order valence-corrected chi connectivity index (χ4v) is 2.64. The molecule has 0 atom stereocenters. The summed E-state index contributed by atoms with van der Waals surface area (Å²) in [5.74, 6) is -1.02. The molecule has 1 amide bonds. The Bertz CT molecular complexity index is 1050. The Morgan fingerprint density at radius 2 is 1.74 bits per heavy atom. The van der Waals surface area contributed by atoms with Gasteiger partial charge in [-0.15, -0.1) is 0 Å². The molecule has 148 valence electrons. The first-order valence-electron chi connectivity index (χ1n) is 7.26. The molecule has 2 rings (SSSR count). The molecule has 0 radical (unpaired) electrons. The minimum absolute atomic E-state index is 0.0344. The molecule has 0 fully saturated rings. The maximum absolute atomic E-state index is 12.6. The van der Waals surface area contributed by atoms with Crippen LogP contribution in [0.3, 0.4) is 0 Å². The van der Waals surface area contributed by atoms with E-state index in [1.54, 1.807) is 19.2 Å². The lowest BCUT2D eigenvalue weighted by atomic mass is 10.2. The molecule has 0 unspecified atom stereocenters. The predicted molar refractivity (Wildman–Crippen MR) is 101 cm³/mol. The number of benzene rings is 1. The molecule has 12 heteroatoms. The second-order valence-corrected chi connectivity index (χ2v) is 9.08. The van der Waals surface area contributed by atoms with E-state index in [0.717, 1.165) is 16.8 Å². The van der Waals surface area contributed by atoms with E-state index in [-0.39, 0.29) is 10.5 Å². The first-order valence-corrected chi connectivity index (χ1v) is 11.0. The van der Waals surface area contributed by atoms with Crippen molar-refractivity contribution in [1.82, 2.24) is 4.98 Å². The van der Waals surface area contributed by atoms with Gasteiger partial charge in [-0.2, -0.15) is 8.42 Å². The van der Waals surface area contributed by atoms with Crippen molar-refractivity contribution in [1.29, 1.82) is 5.41 Å². The minimum atomic E-state index is -3.67. The number of H-pyrrole nitrogens is 1. The van der Waals surface area contributed by atoms with Crippen LogP contribution in [0.1, 0.15) is 16.1 Å². The zero-order valence-electron chi connectivity index (χ0n) is 14.8. The molecule has 1 aromatic carbocycles. The van der Waals surface area contributed by atoms with Gasteiger partial charge in [0.2, 0.25) is 0 Å². The third-order valence-corrected chi connectivity index (χ3v) is 4.13. The number of hydrogen-bond acceptors (Lipinski definition) is 6. The van der Waals surface area contributed by atoms with Crippen LogP contribution in [0.25, 0.3) is 0 Å². The van der Waals surface area contributed by atoms with Crippen molar-refractivity contribution in [2.75, 3.05) is 17.4 Å². The van der Waals surface area contributed by atoms with Gasteiger partial charge in [-0.05, 0) is 31.2 Å². The van der Waals surface area contributed by atoms with Gasteiger partial charge < -0.3 is 10.7 Å². The van der Waals surface area contributed by atoms with Gasteiger partial charge in [-0.3, -0.25) is 14.8 Å². The summed E-state index contributed by atoms with van der Waals surface area (Å²) in [6, 6.07) is 7.30. The summed E-state index contributed by atoms with van der Waals surface area (Å²) >= 11 is 0. The van der Waals surface area contributed by atoms with Gasteiger partial charge >= 0.3 is 0 Å². The summed E-state index contributed by atoms with van der Waals surface area (Å²) in [5.41, 5.74) is 6.85. The Morgan fingerprint density at radius 3 is 2.15 bits per heavy atom. The number of nitrogens with zero attached hydrogens (tertiary/aromatic N) is 1. The van der Waals surface area contributed by atoms with Crippen LogP contribution in [-0.2, 0) is 20.0 Å². The zero-order valence-corrected chi connectivity index (χ0v) is 16.4. The number of carbonyl (C=O) groups excluding carboxylic acids is 1. The van der Waals surface area contributed by atoms with Crippen molar-refractivity contribution in [3.63, 3.8) is 0 Å². The third kappa shape index (κ3) is 7.21. The number of carbonyl (C=O) groups is 1. The lowest BCUT2D eigenvalue weighted by molar-refractivity contribution is 0.100. The number of aryl methyl sites for hydroxylation is 1. The molecule has 27 heavy (non-hydrogen) atoms. The number of hydrogen-bond donors (Lipinski definition) is 4. The van der Waals surface area contributed by atoms with Crippen LogP contribution >= 0.6 is 0 Å². The van der Waals surface area contributed by atoms with Crippen molar-refractivity contribution in [3.05, 3.63) is 47.8 Å². The van der Waals surface area contributed by atoms with Gasteiger partial charge in [0.25, 0.3) is 16.0 Å².